The molecular formula is C20H23F3N4O2. The monoisotopic (exact) mass is 408 g/mol. The number of aryl methyl sites for hydroxylation is 1. The van der Waals surface area contributed by atoms with Gasteiger partial charge in [-0.2, -0.15) is 13.2 Å². The highest BCUT2D eigenvalue weighted by Crippen LogP contribution is 2.28. The maximum Gasteiger partial charge on any atom is 0.434 e. The first-order chi connectivity index (χ1) is 13.8. The molecule has 1 heterocycles. The molecule has 156 valence electrons. The normalized spacial score (nSPS) is 19.1. The van der Waals surface area contributed by atoms with E-state index in [0.717, 1.165) is 31.0 Å². The molecule has 2 atom stereocenters. The van der Waals surface area contributed by atoms with Gasteiger partial charge in [0.25, 0.3) is 5.91 Å². The Labute approximate surface area is 166 Å². The molecule has 0 saturated heterocycles. The predicted molar refractivity (Wildman–Crippen MR) is 102 cm³/mol. The minimum absolute atomic E-state index is 0.148. The van der Waals surface area contributed by atoms with E-state index in [0.29, 0.717) is 24.1 Å². The van der Waals surface area contributed by atoms with Crippen molar-refractivity contribution in [2.45, 2.75) is 51.4 Å². The number of carbonyl (C=O) groups is 1. The molecule has 1 amide bonds. The molecule has 1 saturated carbocycles. The number of halogens is 3. The smallest absolute Gasteiger partial charge is 0.434 e. The largest absolute Gasteiger partial charge is 0.493 e. The minimum Gasteiger partial charge on any atom is -0.493 e. The van der Waals surface area contributed by atoms with E-state index < -0.39 is 11.9 Å². The van der Waals surface area contributed by atoms with Crippen LogP contribution < -0.4 is 15.4 Å². The lowest BCUT2D eigenvalue weighted by molar-refractivity contribution is -0.141. The Kier molecular flexibility index (Phi) is 6.24. The number of benzene rings is 1. The van der Waals surface area contributed by atoms with Gasteiger partial charge in [-0.25, -0.2) is 9.97 Å². The molecule has 6 nitrogen and oxygen atoms in total. The standard InChI is InChI=1S/C20H23F3N4O2/c1-3-29-16-8-7-12(2)9-13(16)19(28)27-15-6-4-5-14(15)26-18-11-24-17(10-25-18)20(21,22)23/h7-11,14-15H,3-6H2,1-2H3,(H,25,26)(H,27,28)/t14-,15?/m0/s1. The van der Waals surface area contributed by atoms with Gasteiger partial charge in [0.1, 0.15) is 11.6 Å². The quantitative estimate of drug-likeness (QED) is 0.757. The van der Waals surface area contributed by atoms with Crippen LogP contribution in [0, 0.1) is 6.92 Å². The molecule has 1 aromatic heterocycles. The molecule has 29 heavy (non-hydrogen) atoms. The Balaban J connectivity index is 1.68. The fraction of sp³-hybridized carbons (Fsp3) is 0.450. The number of rotatable bonds is 6. The van der Waals surface area contributed by atoms with Crippen molar-refractivity contribution in [1.82, 2.24) is 15.3 Å². The highest BCUT2D eigenvalue weighted by Gasteiger charge is 2.33. The van der Waals surface area contributed by atoms with E-state index >= 15 is 0 Å². The summed E-state index contributed by atoms with van der Waals surface area (Å²) in [4.78, 5) is 20.0. The second kappa shape index (κ2) is 8.67. The van der Waals surface area contributed by atoms with E-state index in [-0.39, 0.29) is 23.8 Å². The van der Waals surface area contributed by atoms with E-state index in [2.05, 4.69) is 20.6 Å². The molecule has 1 unspecified atom stereocenters. The topological polar surface area (TPSA) is 76.1 Å². The van der Waals surface area contributed by atoms with E-state index in [1.165, 1.54) is 0 Å². The number of alkyl halides is 3. The number of nitrogens with one attached hydrogen (secondary N) is 2. The minimum atomic E-state index is -4.53. The molecule has 1 fully saturated rings. The van der Waals surface area contributed by atoms with Gasteiger partial charge >= 0.3 is 6.18 Å². The molecule has 0 spiro atoms. The fourth-order valence-corrected chi connectivity index (χ4v) is 3.39. The van der Waals surface area contributed by atoms with E-state index in [4.69, 9.17) is 4.74 Å². The van der Waals surface area contributed by atoms with Crippen LogP contribution in [0.25, 0.3) is 0 Å². The summed E-state index contributed by atoms with van der Waals surface area (Å²) in [6.07, 6.45) is -0.364. The zero-order valence-corrected chi connectivity index (χ0v) is 16.2. The molecule has 3 rings (SSSR count). The summed E-state index contributed by atoms with van der Waals surface area (Å²) in [6.45, 7) is 4.20. The van der Waals surface area contributed by atoms with Gasteiger partial charge in [-0.3, -0.25) is 4.79 Å². The maximum absolute atomic E-state index is 12.8. The molecule has 0 radical (unpaired) electrons. The van der Waals surface area contributed by atoms with Crippen LogP contribution in [0.3, 0.4) is 0 Å². The van der Waals surface area contributed by atoms with Crippen molar-refractivity contribution in [1.29, 1.82) is 0 Å². The molecule has 9 heteroatoms. The summed E-state index contributed by atoms with van der Waals surface area (Å²) in [5, 5.41) is 6.11. The van der Waals surface area contributed by atoms with Crippen molar-refractivity contribution >= 4 is 11.7 Å². The SMILES string of the molecule is CCOc1ccc(C)cc1C(=O)NC1CCC[C@@H]1Nc1cnc(C(F)(F)F)cn1. The third-order valence-corrected chi connectivity index (χ3v) is 4.79. The molecule has 1 aromatic carbocycles. The lowest BCUT2D eigenvalue weighted by Gasteiger charge is -2.23. The third kappa shape index (κ3) is 5.16. The van der Waals surface area contributed by atoms with E-state index in [1.807, 2.05) is 19.9 Å². The van der Waals surface area contributed by atoms with Crippen LogP contribution in [-0.2, 0) is 6.18 Å². The van der Waals surface area contributed by atoms with Crippen LogP contribution >= 0.6 is 0 Å². The summed E-state index contributed by atoms with van der Waals surface area (Å²) in [5.74, 6) is 0.524. The summed E-state index contributed by atoms with van der Waals surface area (Å²) >= 11 is 0. The van der Waals surface area contributed by atoms with Crippen molar-refractivity contribution in [3.8, 4) is 5.75 Å². The van der Waals surface area contributed by atoms with Gasteiger partial charge in [-0.1, -0.05) is 11.6 Å². The second-order valence-electron chi connectivity index (χ2n) is 6.98. The lowest BCUT2D eigenvalue weighted by Crippen LogP contribution is -2.43. The highest BCUT2D eigenvalue weighted by atomic mass is 19.4. The predicted octanol–water partition coefficient (Wildman–Crippen LogP) is 3.97. The number of aromatic nitrogens is 2. The van der Waals surface area contributed by atoms with Gasteiger partial charge < -0.3 is 15.4 Å². The Hall–Kier alpha value is -2.84. The molecule has 0 bridgehead atoms. The van der Waals surface area contributed by atoms with Crippen molar-refractivity contribution in [2.24, 2.45) is 0 Å². The molecule has 2 N–H and O–H groups in total. The highest BCUT2D eigenvalue weighted by molar-refractivity contribution is 5.97. The molecular weight excluding hydrogens is 385 g/mol. The summed E-state index contributed by atoms with van der Waals surface area (Å²) in [5.41, 5.74) is 0.369. The first-order valence-corrected chi connectivity index (χ1v) is 9.48. The van der Waals surface area contributed by atoms with Crippen LogP contribution in [0.4, 0.5) is 19.0 Å². The molecule has 1 aliphatic rings. The van der Waals surface area contributed by atoms with Crippen LogP contribution in [-0.4, -0.2) is 34.6 Å². The lowest BCUT2D eigenvalue weighted by atomic mass is 10.1. The van der Waals surface area contributed by atoms with Gasteiger partial charge in [0, 0.05) is 12.1 Å². The summed E-state index contributed by atoms with van der Waals surface area (Å²) < 4.78 is 43.4. The van der Waals surface area contributed by atoms with Crippen LogP contribution in [0.1, 0.15) is 47.8 Å². The Morgan fingerprint density at radius 2 is 1.97 bits per heavy atom. The second-order valence-corrected chi connectivity index (χ2v) is 6.98. The average Bonchev–Trinajstić information content (AvgIpc) is 3.09. The summed E-state index contributed by atoms with van der Waals surface area (Å²) in [7, 11) is 0. The Morgan fingerprint density at radius 1 is 1.21 bits per heavy atom. The van der Waals surface area contributed by atoms with E-state index in [9.17, 15) is 18.0 Å². The number of hydrogen-bond donors (Lipinski definition) is 2. The molecule has 1 aliphatic carbocycles. The zero-order chi connectivity index (χ0) is 21.0. The van der Waals surface area contributed by atoms with Crippen molar-refractivity contribution in [3.05, 3.63) is 47.4 Å². The Bertz CT molecular complexity index is 856. The molecule has 2 aromatic rings. The maximum atomic E-state index is 12.8. The number of ether oxygens (including phenoxy) is 1. The number of carbonyl (C=O) groups excluding carboxylic acids is 1. The van der Waals surface area contributed by atoms with Gasteiger partial charge in [0.15, 0.2) is 5.69 Å². The van der Waals surface area contributed by atoms with Gasteiger partial charge in [0.2, 0.25) is 0 Å². The number of hydrogen-bond acceptors (Lipinski definition) is 5. The van der Waals surface area contributed by atoms with Crippen molar-refractivity contribution in [3.63, 3.8) is 0 Å². The van der Waals surface area contributed by atoms with E-state index in [1.54, 1.807) is 12.1 Å². The average molecular weight is 408 g/mol. The Morgan fingerprint density at radius 3 is 2.62 bits per heavy atom. The van der Waals surface area contributed by atoms with Gasteiger partial charge in [-0.05, 0) is 45.2 Å². The van der Waals surface area contributed by atoms with Crippen LogP contribution in [0.5, 0.6) is 5.75 Å². The van der Waals surface area contributed by atoms with Crippen LogP contribution in [0.2, 0.25) is 0 Å². The van der Waals surface area contributed by atoms with Crippen molar-refractivity contribution in [2.75, 3.05) is 11.9 Å². The first kappa shape index (κ1) is 20.9. The van der Waals surface area contributed by atoms with Gasteiger partial charge in [0.05, 0.1) is 24.6 Å². The zero-order valence-electron chi connectivity index (χ0n) is 16.2. The summed E-state index contributed by atoms with van der Waals surface area (Å²) in [6, 6.07) is 5.10. The third-order valence-electron chi connectivity index (χ3n) is 4.79. The first-order valence-electron chi connectivity index (χ1n) is 9.48. The number of amides is 1. The van der Waals surface area contributed by atoms with Gasteiger partial charge in [-0.15, -0.1) is 0 Å². The number of nitrogens with zero attached hydrogens (tertiary/aromatic N) is 2. The van der Waals surface area contributed by atoms with Crippen LogP contribution in [0.15, 0.2) is 30.6 Å². The fourth-order valence-electron chi connectivity index (χ4n) is 3.39. The van der Waals surface area contributed by atoms with Crippen molar-refractivity contribution < 1.29 is 22.7 Å². The molecule has 0 aliphatic heterocycles. The number of anilines is 1.